The van der Waals surface area contributed by atoms with Crippen LogP contribution in [0.4, 0.5) is 0 Å². The molecule has 0 heterocycles. The minimum Gasteiger partial charge on any atom is -0.467 e. The standard InChI is InChI=1S/C26H39BO12/c1-17(2)23(32)36-14-12-34-20(29)9-8-19(28)25(5,6)38-16-26(7,27)39-22(31)11-10-21(30)35-13-15-37-24(33)18(3)4/h1,3,8-16,27H2,2,4-7H3. The zero-order valence-electron chi connectivity index (χ0n) is 23.7. The van der Waals surface area contributed by atoms with Crippen molar-refractivity contribution in [2.24, 2.45) is 0 Å². The minimum absolute atomic E-state index is 0.123. The molecule has 1 unspecified atom stereocenters. The third-order valence-corrected chi connectivity index (χ3v) is 4.79. The van der Waals surface area contributed by atoms with Crippen LogP contribution in [-0.4, -0.2) is 87.6 Å². The Morgan fingerprint density at radius 1 is 0.641 bits per heavy atom. The first-order chi connectivity index (χ1) is 18.0. The van der Waals surface area contributed by atoms with Gasteiger partial charge in [0.25, 0.3) is 0 Å². The van der Waals surface area contributed by atoms with E-state index >= 15 is 0 Å². The molecule has 0 radical (unpaired) electrons. The number of Topliss-reactive ketones (excluding diaryl/α,β-unsaturated/α-hetero) is 1. The summed E-state index contributed by atoms with van der Waals surface area (Å²) in [7, 11) is 1.58. The highest BCUT2D eigenvalue weighted by Gasteiger charge is 2.33. The number of hydrogen-bond donors (Lipinski definition) is 0. The molecule has 0 aromatic heterocycles. The van der Waals surface area contributed by atoms with E-state index in [0.29, 0.717) is 0 Å². The van der Waals surface area contributed by atoms with Crippen molar-refractivity contribution in [3.05, 3.63) is 24.3 Å². The van der Waals surface area contributed by atoms with Gasteiger partial charge in [0.2, 0.25) is 0 Å². The van der Waals surface area contributed by atoms with E-state index in [1.807, 2.05) is 0 Å². The van der Waals surface area contributed by atoms with Gasteiger partial charge in [-0.25, -0.2) is 9.59 Å². The second-order valence-electron chi connectivity index (χ2n) is 9.73. The van der Waals surface area contributed by atoms with Gasteiger partial charge in [-0.3, -0.25) is 19.2 Å². The summed E-state index contributed by atoms with van der Waals surface area (Å²) in [4.78, 5) is 70.8. The van der Waals surface area contributed by atoms with E-state index in [1.165, 1.54) is 27.7 Å². The van der Waals surface area contributed by atoms with Gasteiger partial charge in [-0.05, 0) is 34.6 Å². The van der Waals surface area contributed by atoms with Crippen LogP contribution in [0, 0.1) is 0 Å². The van der Waals surface area contributed by atoms with Gasteiger partial charge in [-0.1, -0.05) is 13.2 Å². The molecule has 218 valence electrons. The van der Waals surface area contributed by atoms with E-state index in [4.69, 9.17) is 28.4 Å². The molecule has 12 nitrogen and oxygen atoms in total. The molecule has 1 atom stereocenters. The van der Waals surface area contributed by atoms with Gasteiger partial charge in [0.05, 0.1) is 31.4 Å². The molecule has 0 N–H and O–H groups in total. The Morgan fingerprint density at radius 2 is 1.03 bits per heavy atom. The van der Waals surface area contributed by atoms with E-state index in [0.717, 1.165) is 0 Å². The zero-order valence-corrected chi connectivity index (χ0v) is 23.7. The molecule has 0 saturated carbocycles. The molecular weight excluding hydrogens is 515 g/mol. The highest BCUT2D eigenvalue weighted by Crippen LogP contribution is 2.19. The summed E-state index contributed by atoms with van der Waals surface area (Å²) in [6, 6.07) is 0. The number of ether oxygens (including phenoxy) is 6. The van der Waals surface area contributed by atoms with E-state index in [1.54, 1.807) is 14.8 Å². The Bertz CT molecular complexity index is 935. The predicted molar refractivity (Wildman–Crippen MR) is 140 cm³/mol. The monoisotopic (exact) mass is 554 g/mol. The molecule has 0 aliphatic rings. The lowest BCUT2D eigenvalue weighted by Crippen LogP contribution is -2.44. The van der Waals surface area contributed by atoms with Crippen LogP contribution in [-0.2, 0) is 57.2 Å². The number of esters is 5. The van der Waals surface area contributed by atoms with Crippen molar-refractivity contribution < 1.29 is 57.2 Å². The molecule has 0 saturated heterocycles. The number of carbonyl (C=O) groups is 6. The molecule has 39 heavy (non-hydrogen) atoms. The number of hydrogen-bond acceptors (Lipinski definition) is 12. The lowest BCUT2D eigenvalue weighted by molar-refractivity contribution is -0.165. The number of carbonyl (C=O) groups excluding carboxylic acids is 6. The highest BCUT2D eigenvalue weighted by molar-refractivity contribution is 6.15. The molecule has 13 heteroatoms. The normalized spacial score (nSPS) is 12.3. The summed E-state index contributed by atoms with van der Waals surface area (Å²) in [6.07, 6.45) is -0.817. The molecule has 0 aromatic rings. The molecule has 0 amide bonds. The average molecular weight is 554 g/mol. The van der Waals surface area contributed by atoms with Crippen molar-refractivity contribution >= 4 is 43.5 Å². The van der Waals surface area contributed by atoms with E-state index in [2.05, 4.69) is 13.2 Å². The molecule has 0 aliphatic carbocycles. The Morgan fingerprint density at radius 3 is 1.46 bits per heavy atom. The fraction of sp³-hybridized carbons (Fsp3) is 0.615. The van der Waals surface area contributed by atoms with Crippen LogP contribution in [0.1, 0.15) is 60.3 Å². The maximum atomic E-state index is 12.6. The summed E-state index contributed by atoms with van der Waals surface area (Å²) in [5, 5.41) is 0. The first-order valence-corrected chi connectivity index (χ1v) is 12.3. The average Bonchev–Trinajstić information content (AvgIpc) is 2.84. The molecule has 0 aliphatic heterocycles. The van der Waals surface area contributed by atoms with E-state index in [9.17, 15) is 28.8 Å². The van der Waals surface area contributed by atoms with Crippen LogP contribution in [0.5, 0.6) is 0 Å². The number of ketones is 1. The van der Waals surface area contributed by atoms with Gasteiger partial charge in [-0.2, -0.15) is 0 Å². The first-order valence-electron chi connectivity index (χ1n) is 12.3. The lowest BCUT2D eigenvalue weighted by atomic mass is 9.84. The largest absolute Gasteiger partial charge is 0.467 e. The van der Waals surface area contributed by atoms with Crippen LogP contribution >= 0.6 is 0 Å². The summed E-state index contributed by atoms with van der Waals surface area (Å²) in [5.74, 6) is -3.52. The zero-order chi connectivity index (χ0) is 30.2. The summed E-state index contributed by atoms with van der Waals surface area (Å²) < 4.78 is 30.4. The van der Waals surface area contributed by atoms with Crippen LogP contribution in [0.25, 0.3) is 0 Å². The summed E-state index contributed by atoms with van der Waals surface area (Å²) in [5.41, 5.74) is -1.95. The van der Waals surface area contributed by atoms with Gasteiger partial charge < -0.3 is 28.4 Å². The van der Waals surface area contributed by atoms with Crippen molar-refractivity contribution in [3.8, 4) is 0 Å². The second-order valence-corrected chi connectivity index (χ2v) is 9.73. The maximum Gasteiger partial charge on any atom is 0.333 e. The van der Waals surface area contributed by atoms with Crippen LogP contribution in [0.2, 0.25) is 0 Å². The Hall–Kier alpha value is -3.48. The Kier molecular flexibility index (Phi) is 15.6. The smallest absolute Gasteiger partial charge is 0.333 e. The topological polar surface area (TPSA) is 158 Å². The quantitative estimate of drug-likeness (QED) is 0.0738. The molecule has 0 spiro atoms. The van der Waals surface area contributed by atoms with Gasteiger partial charge in [0.15, 0.2) is 13.6 Å². The molecule has 0 rings (SSSR count). The molecule has 0 bridgehead atoms. The summed E-state index contributed by atoms with van der Waals surface area (Å²) >= 11 is 0. The van der Waals surface area contributed by atoms with Crippen molar-refractivity contribution in [1.82, 2.24) is 0 Å². The SMILES string of the molecule is BC(C)(COC(C)(C)C(=O)CCC(=O)OCCOC(=O)C(=C)C)OC(=O)CCC(=O)OCCOC(=O)C(=C)C. The van der Waals surface area contributed by atoms with Crippen molar-refractivity contribution in [1.29, 1.82) is 0 Å². The van der Waals surface area contributed by atoms with Gasteiger partial charge >= 0.3 is 29.8 Å². The van der Waals surface area contributed by atoms with Gasteiger partial charge in [0.1, 0.15) is 32.0 Å². The van der Waals surface area contributed by atoms with E-state index in [-0.39, 0.29) is 75.6 Å². The van der Waals surface area contributed by atoms with Gasteiger partial charge in [0, 0.05) is 17.6 Å². The van der Waals surface area contributed by atoms with Gasteiger partial charge in [-0.15, -0.1) is 0 Å². The van der Waals surface area contributed by atoms with E-state index < -0.39 is 40.9 Å². The first kappa shape index (κ1) is 35.5. The maximum absolute atomic E-state index is 12.6. The number of rotatable bonds is 19. The lowest BCUT2D eigenvalue weighted by Gasteiger charge is -2.31. The van der Waals surface area contributed by atoms with Crippen LogP contribution in [0.3, 0.4) is 0 Å². The van der Waals surface area contributed by atoms with Crippen molar-refractivity contribution in [3.63, 3.8) is 0 Å². The second kappa shape index (κ2) is 17.2. The third kappa shape index (κ3) is 16.9. The fourth-order valence-electron chi connectivity index (χ4n) is 2.51. The minimum atomic E-state index is -1.28. The Balaban J connectivity index is 4.33. The Labute approximate surface area is 229 Å². The van der Waals surface area contributed by atoms with Crippen molar-refractivity contribution in [2.45, 2.75) is 71.4 Å². The molecule has 0 aromatic carbocycles. The molecular formula is C26H39BO12. The third-order valence-electron chi connectivity index (χ3n) is 4.79. The van der Waals surface area contributed by atoms with Crippen LogP contribution in [0.15, 0.2) is 24.3 Å². The highest BCUT2D eigenvalue weighted by atomic mass is 16.6. The summed E-state index contributed by atoms with van der Waals surface area (Å²) in [6.45, 7) is 13.8. The molecule has 0 fully saturated rings. The predicted octanol–water partition coefficient (Wildman–Crippen LogP) is 1.13. The fourth-order valence-corrected chi connectivity index (χ4v) is 2.51. The van der Waals surface area contributed by atoms with Crippen LogP contribution < -0.4 is 0 Å². The van der Waals surface area contributed by atoms with Crippen molar-refractivity contribution in [2.75, 3.05) is 33.0 Å².